The maximum absolute atomic E-state index is 12.9. The van der Waals surface area contributed by atoms with Crippen molar-refractivity contribution in [3.63, 3.8) is 0 Å². The maximum atomic E-state index is 12.9. The summed E-state index contributed by atoms with van der Waals surface area (Å²) in [6.45, 7) is 1.82. The summed E-state index contributed by atoms with van der Waals surface area (Å²) in [5, 5.41) is 0. The Morgan fingerprint density at radius 2 is 1.68 bits per heavy atom. The quantitative estimate of drug-likeness (QED) is 0.403. The number of halogens is 1. The number of carbonyl (C=O) groups excluding carboxylic acids is 2. The SMILES string of the molecule is CCOC(=O)C(C(=O)c1ccc(S(C)(=O)=O)cc1)c1ccccc1Br. The summed E-state index contributed by atoms with van der Waals surface area (Å²) < 4.78 is 28.8. The first-order valence-electron chi connectivity index (χ1n) is 7.51. The van der Waals surface area contributed by atoms with E-state index < -0.39 is 27.5 Å². The van der Waals surface area contributed by atoms with E-state index in [2.05, 4.69) is 15.9 Å². The highest BCUT2D eigenvalue weighted by molar-refractivity contribution is 9.10. The number of benzene rings is 2. The lowest BCUT2D eigenvalue weighted by Crippen LogP contribution is -2.25. The van der Waals surface area contributed by atoms with Crippen LogP contribution in [-0.4, -0.2) is 33.0 Å². The zero-order valence-electron chi connectivity index (χ0n) is 13.7. The van der Waals surface area contributed by atoms with Gasteiger partial charge in [0.1, 0.15) is 5.92 Å². The third-order valence-electron chi connectivity index (χ3n) is 3.57. The third kappa shape index (κ3) is 4.55. The van der Waals surface area contributed by atoms with Gasteiger partial charge in [-0.05, 0) is 30.7 Å². The molecule has 0 spiro atoms. The van der Waals surface area contributed by atoms with Crippen molar-refractivity contribution in [3.05, 3.63) is 64.1 Å². The van der Waals surface area contributed by atoms with E-state index in [1.165, 1.54) is 24.3 Å². The van der Waals surface area contributed by atoms with Gasteiger partial charge in [-0.15, -0.1) is 0 Å². The zero-order chi connectivity index (χ0) is 18.6. The van der Waals surface area contributed by atoms with Crippen LogP contribution in [0.2, 0.25) is 0 Å². The highest BCUT2D eigenvalue weighted by atomic mass is 79.9. The molecule has 2 rings (SSSR count). The number of hydrogen-bond acceptors (Lipinski definition) is 5. The summed E-state index contributed by atoms with van der Waals surface area (Å²) in [7, 11) is -3.36. The van der Waals surface area contributed by atoms with E-state index >= 15 is 0 Å². The van der Waals surface area contributed by atoms with Crippen LogP contribution in [0, 0.1) is 0 Å². The molecule has 0 fully saturated rings. The second-order valence-electron chi connectivity index (χ2n) is 5.37. The third-order valence-corrected chi connectivity index (χ3v) is 5.42. The van der Waals surface area contributed by atoms with Crippen LogP contribution in [0.25, 0.3) is 0 Å². The minimum atomic E-state index is -3.36. The van der Waals surface area contributed by atoms with E-state index in [1.807, 2.05) is 0 Å². The summed E-state index contributed by atoms with van der Waals surface area (Å²) in [5.74, 6) is -2.23. The molecule has 7 heteroatoms. The second-order valence-corrected chi connectivity index (χ2v) is 8.24. The van der Waals surface area contributed by atoms with Crippen molar-refractivity contribution in [1.82, 2.24) is 0 Å². The molecule has 0 bridgehead atoms. The summed E-state index contributed by atoms with van der Waals surface area (Å²) in [4.78, 5) is 25.4. The average molecular weight is 425 g/mol. The summed E-state index contributed by atoms with van der Waals surface area (Å²) >= 11 is 3.36. The van der Waals surface area contributed by atoms with Gasteiger partial charge in [-0.25, -0.2) is 8.42 Å². The minimum Gasteiger partial charge on any atom is -0.465 e. The molecule has 1 unspecified atom stereocenters. The van der Waals surface area contributed by atoms with Crippen LogP contribution in [0.4, 0.5) is 0 Å². The molecule has 0 saturated heterocycles. The van der Waals surface area contributed by atoms with Gasteiger partial charge in [-0.2, -0.15) is 0 Å². The highest BCUT2D eigenvalue weighted by Crippen LogP contribution is 2.29. The summed E-state index contributed by atoms with van der Waals surface area (Å²) in [6.07, 6.45) is 1.09. The Kier molecular flexibility index (Phi) is 6.13. The number of sulfone groups is 1. The Labute approximate surface area is 155 Å². The van der Waals surface area contributed by atoms with Crippen LogP contribution in [-0.2, 0) is 19.4 Å². The van der Waals surface area contributed by atoms with Gasteiger partial charge in [-0.1, -0.05) is 46.3 Å². The van der Waals surface area contributed by atoms with Crippen molar-refractivity contribution in [2.75, 3.05) is 12.9 Å². The molecule has 0 heterocycles. The van der Waals surface area contributed by atoms with Crippen molar-refractivity contribution in [2.24, 2.45) is 0 Å². The van der Waals surface area contributed by atoms with Gasteiger partial charge in [-0.3, -0.25) is 9.59 Å². The van der Waals surface area contributed by atoms with Crippen LogP contribution in [0.1, 0.15) is 28.8 Å². The molecule has 0 amide bonds. The zero-order valence-corrected chi connectivity index (χ0v) is 16.1. The molecule has 2 aromatic rings. The van der Waals surface area contributed by atoms with Crippen LogP contribution in [0.3, 0.4) is 0 Å². The van der Waals surface area contributed by atoms with E-state index in [4.69, 9.17) is 4.74 Å². The predicted octanol–water partition coefficient (Wildman–Crippen LogP) is 3.38. The van der Waals surface area contributed by atoms with Crippen LogP contribution in [0.5, 0.6) is 0 Å². The highest BCUT2D eigenvalue weighted by Gasteiger charge is 2.32. The van der Waals surface area contributed by atoms with Gasteiger partial charge >= 0.3 is 5.97 Å². The van der Waals surface area contributed by atoms with Gasteiger partial charge in [0.25, 0.3) is 0 Å². The summed E-state index contributed by atoms with van der Waals surface area (Å²) in [6, 6.07) is 12.4. The van der Waals surface area contributed by atoms with Crippen molar-refractivity contribution < 1.29 is 22.7 Å². The molecule has 5 nitrogen and oxygen atoms in total. The normalized spacial score (nSPS) is 12.4. The topological polar surface area (TPSA) is 77.5 Å². The lowest BCUT2D eigenvalue weighted by molar-refractivity contribution is -0.143. The molecule has 132 valence electrons. The molecule has 0 radical (unpaired) electrons. The Bertz CT molecular complexity index is 888. The molecule has 0 saturated carbocycles. The predicted molar refractivity (Wildman–Crippen MR) is 97.4 cm³/mol. The maximum Gasteiger partial charge on any atom is 0.321 e. The van der Waals surface area contributed by atoms with Gasteiger partial charge in [0.05, 0.1) is 11.5 Å². The molecule has 0 aliphatic rings. The van der Waals surface area contributed by atoms with E-state index in [0.717, 1.165) is 6.26 Å². The van der Waals surface area contributed by atoms with Gasteiger partial charge < -0.3 is 4.74 Å². The standard InChI is InChI=1S/C18H17BrO5S/c1-3-24-18(21)16(14-6-4-5-7-15(14)19)17(20)12-8-10-13(11-9-12)25(2,22)23/h4-11,16H,3H2,1-2H3. The van der Waals surface area contributed by atoms with Crippen LogP contribution < -0.4 is 0 Å². The van der Waals surface area contributed by atoms with Crippen LogP contribution in [0.15, 0.2) is 57.9 Å². The van der Waals surface area contributed by atoms with Crippen LogP contribution >= 0.6 is 15.9 Å². The Balaban J connectivity index is 2.45. The molecule has 0 aromatic heterocycles. The Morgan fingerprint density at radius 3 is 2.20 bits per heavy atom. The number of ether oxygens (including phenoxy) is 1. The monoisotopic (exact) mass is 424 g/mol. The van der Waals surface area contributed by atoms with E-state index in [1.54, 1.807) is 31.2 Å². The molecule has 0 aliphatic heterocycles. The Morgan fingerprint density at radius 1 is 1.08 bits per heavy atom. The van der Waals surface area contributed by atoms with Gasteiger partial charge in [0.2, 0.25) is 0 Å². The molecule has 0 N–H and O–H groups in total. The first kappa shape index (κ1) is 19.3. The molecule has 25 heavy (non-hydrogen) atoms. The largest absolute Gasteiger partial charge is 0.465 e. The molecular weight excluding hydrogens is 408 g/mol. The molecule has 2 aromatic carbocycles. The fraction of sp³-hybridized carbons (Fsp3) is 0.222. The number of ketones is 1. The lowest BCUT2D eigenvalue weighted by Gasteiger charge is -2.16. The number of carbonyl (C=O) groups is 2. The molecule has 1 atom stereocenters. The first-order valence-corrected chi connectivity index (χ1v) is 10.2. The number of hydrogen-bond donors (Lipinski definition) is 0. The average Bonchev–Trinajstić information content (AvgIpc) is 2.56. The van der Waals surface area contributed by atoms with E-state index in [0.29, 0.717) is 10.0 Å². The van der Waals surface area contributed by atoms with Gasteiger partial charge in [0, 0.05) is 16.3 Å². The number of Topliss-reactive ketones (excluding diaryl/α,β-unsaturated/α-hetero) is 1. The lowest BCUT2D eigenvalue weighted by atomic mass is 9.90. The first-order chi connectivity index (χ1) is 11.8. The fourth-order valence-electron chi connectivity index (χ4n) is 2.34. The van der Waals surface area contributed by atoms with Crippen molar-refractivity contribution in [3.8, 4) is 0 Å². The Hall–Kier alpha value is -1.99. The summed E-state index contributed by atoms with van der Waals surface area (Å²) in [5.41, 5.74) is 0.736. The second kappa shape index (κ2) is 7.93. The minimum absolute atomic E-state index is 0.109. The van der Waals surface area contributed by atoms with E-state index in [9.17, 15) is 18.0 Å². The van der Waals surface area contributed by atoms with E-state index in [-0.39, 0.29) is 17.1 Å². The van der Waals surface area contributed by atoms with Crippen molar-refractivity contribution in [1.29, 1.82) is 0 Å². The number of rotatable bonds is 6. The van der Waals surface area contributed by atoms with Crippen molar-refractivity contribution in [2.45, 2.75) is 17.7 Å². The smallest absolute Gasteiger partial charge is 0.321 e. The molecular formula is C18H17BrO5S. The van der Waals surface area contributed by atoms with Crippen molar-refractivity contribution >= 4 is 37.5 Å². The fourth-order valence-corrected chi connectivity index (χ4v) is 3.49. The number of esters is 1. The molecule has 0 aliphatic carbocycles. The van der Waals surface area contributed by atoms with Gasteiger partial charge in [0.15, 0.2) is 15.6 Å².